The van der Waals surface area contributed by atoms with E-state index in [1.807, 2.05) is 18.4 Å². The van der Waals surface area contributed by atoms with Gasteiger partial charge in [-0.05, 0) is 37.8 Å². The van der Waals surface area contributed by atoms with E-state index in [1.165, 1.54) is 4.88 Å². The molecule has 0 bridgehead atoms. The van der Waals surface area contributed by atoms with Crippen LogP contribution in [-0.2, 0) is 4.79 Å². The summed E-state index contributed by atoms with van der Waals surface area (Å²) in [5.74, 6) is 0.337. The van der Waals surface area contributed by atoms with Crippen LogP contribution in [0.15, 0.2) is 17.5 Å². The first kappa shape index (κ1) is 14.5. The SMILES string of the molecule is CC(NC(=O)C1CCCNC1)c1cccs1.Cl. The first-order chi connectivity index (χ1) is 7.77. The average molecular weight is 275 g/mol. The third-order valence-electron chi connectivity index (χ3n) is 3.00. The highest BCUT2D eigenvalue weighted by molar-refractivity contribution is 7.10. The van der Waals surface area contributed by atoms with Crippen molar-refractivity contribution in [2.24, 2.45) is 5.92 Å². The molecule has 17 heavy (non-hydrogen) atoms. The molecule has 0 radical (unpaired) electrons. The van der Waals surface area contributed by atoms with Gasteiger partial charge in [-0.25, -0.2) is 0 Å². The number of hydrogen-bond donors (Lipinski definition) is 2. The number of halogens is 1. The van der Waals surface area contributed by atoms with E-state index in [2.05, 4.69) is 16.7 Å². The topological polar surface area (TPSA) is 41.1 Å². The molecule has 96 valence electrons. The molecule has 1 amide bonds. The van der Waals surface area contributed by atoms with Gasteiger partial charge in [0.2, 0.25) is 5.91 Å². The van der Waals surface area contributed by atoms with Gasteiger partial charge in [0.25, 0.3) is 0 Å². The Balaban J connectivity index is 0.00000144. The summed E-state index contributed by atoms with van der Waals surface area (Å²) in [6.45, 7) is 3.91. The predicted octanol–water partition coefficient (Wildman–Crippen LogP) is 2.35. The zero-order valence-corrected chi connectivity index (χ0v) is 11.6. The van der Waals surface area contributed by atoms with Crippen LogP contribution in [0.1, 0.15) is 30.7 Å². The lowest BCUT2D eigenvalue weighted by atomic mass is 9.98. The third kappa shape index (κ3) is 3.98. The second-order valence-electron chi connectivity index (χ2n) is 4.29. The average Bonchev–Trinajstić information content (AvgIpc) is 2.83. The molecule has 1 fully saturated rings. The fraction of sp³-hybridized carbons (Fsp3) is 0.583. The van der Waals surface area contributed by atoms with Crippen molar-refractivity contribution < 1.29 is 4.79 Å². The lowest BCUT2D eigenvalue weighted by Gasteiger charge is -2.23. The summed E-state index contributed by atoms with van der Waals surface area (Å²) in [6.07, 6.45) is 2.11. The molecule has 2 rings (SSSR count). The monoisotopic (exact) mass is 274 g/mol. The number of amides is 1. The van der Waals surface area contributed by atoms with Gasteiger partial charge < -0.3 is 10.6 Å². The maximum absolute atomic E-state index is 12.0. The van der Waals surface area contributed by atoms with Crippen molar-refractivity contribution in [3.05, 3.63) is 22.4 Å². The van der Waals surface area contributed by atoms with Crippen LogP contribution < -0.4 is 10.6 Å². The summed E-state index contributed by atoms with van der Waals surface area (Å²) in [5, 5.41) is 8.39. The Morgan fingerprint density at radius 3 is 3.06 bits per heavy atom. The lowest BCUT2D eigenvalue weighted by molar-refractivity contribution is -0.126. The summed E-state index contributed by atoms with van der Waals surface area (Å²) < 4.78 is 0. The van der Waals surface area contributed by atoms with E-state index in [1.54, 1.807) is 11.3 Å². The smallest absolute Gasteiger partial charge is 0.224 e. The molecule has 2 N–H and O–H groups in total. The molecule has 0 saturated carbocycles. The predicted molar refractivity (Wildman–Crippen MR) is 73.7 cm³/mol. The number of thiophene rings is 1. The summed E-state index contributed by atoms with van der Waals surface area (Å²) >= 11 is 1.69. The van der Waals surface area contributed by atoms with Crippen molar-refractivity contribution in [1.82, 2.24) is 10.6 Å². The van der Waals surface area contributed by atoms with Crippen molar-refractivity contribution in [2.45, 2.75) is 25.8 Å². The van der Waals surface area contributed by atoms with Gasteiger partial charge in [0.1, 0.15) is 0 Å². The van der Waals surface area contributed by atoms with Gasteiger partial charge in [0, 0.05) is 11.4 Å². The van der Waals surface area contributed by atoms with Gasteiger partial charge in [-0.1, -0.05) is 6.07 Å². The molecule has 0 aromatic carbocycles. The molecule has 0 spiro atoms. The van der Waals surface area contributed by atoms with Gasteiger partial charge in [-0.2, -0.15) is 0 Å². The number of hydrogen-bond acceptors (Lipinski definition) is 3. The van der Waals surface area contributed by atoms with E-state index >= 15 is 0 Å². The number of carbonyl (C=O) groups is 1. The molecule has 1 saturated heterocycles. The van der Waals surface area contributed by atoms with Crippen molar-refractivity contribution in [1.29, 1.82) is 0 Å². The van der Waals surface area contributed by atoms with Crippen LogP contribution >= 0.6 is 23.7 Å². The minimum atomic E-state index is 0. The van der Waals surface area contributed by atoms with Crippen LogP contribution in [0.5, 0.6) is 0 Å². The molecule has 2 atom stereocenters. The number of piperidine rings is 1. The Kier molecular flexibility index (Phi) is 5.95. The Hall–Kier alpha value is -0.580. The van der Waals surface area contributed by atoms with Crippen LogP contribution in [0.4, 0.5) is 0 Å². The zero-order valence-electron chi connectivity index (χ0n) is 9.94. The lowest BCUT2D eigenvalue weighted by Crippen LogP contribution is -2.41. The molecule has 1 aromatic rings. The first-order valence-corrected chi connectivity index (χ1v) is 6.70. The van der Waals surface area contributed by atoms with E-state index in [4.69, 9.17) is 0 Å². The molecular formula is C12H19ClN2OS. The first-order valence-electron chi connectivity index (χ1n) is 5.82. The normalized spacial score (nSPS) is 21.4. The van der Waals surface area contributed by atoms with Crippen molar-refractivity contribution in [2.75, 3.05) is 13.1 Å². The minimum absolute atomic E-state index is 0. The number of nitrogens with one attached hydrogen (secondary N) is 2. The quantitative estimate of drug-likeness (QED) is 0.888. The highest BCUT2D eigenvalue weighted by atomic mass is 35.5. The van der Waals surface area contributed by atoms with Crippen LogP contribution in [0.3, 0.4) is 0 Å². The number of carbonyl (C=O) groups excluding carboxylic acids is 1. The molecule has 2 heterocycles. The second kappa shape index (κ2) is 6.99. The second-order valence-corrected chi connectivity index (χ2v) is 5.27. The molecule has 3 nitrogen and oxygen atoms in total. The summed E-state index contributed by atoms with van der Waals surface area (Å²) in [4.78, 5) is 13.2. The molecule has 1 aliphatic rings. The van der Waals surface area contributed by atoms with Gasteiger partial charge in [0.15, 0.2) is 0 Å². The molecule has 1 aliphatic heterocycles. The Morgan fingerprint density at radius 2 is 2.47 bits per heavy atom. The van der Waals surface area contributed by atoms with Crippen LogP contribution in [0.2, 0.25) is 0 Å². The Labute approximate surface area is 112 Å². The number of rotatable bonds is 3. The maximum Gasteiger partial charge on any atom is 0.224 e. The Bertz CT molecular complexity index is 336. The molecular weight excluding hydrogens is 256 g/mol. The maximum atomic E-state index is 12.0. The van der Waals surface area contributed by atoms with Crippen LogP contribution in [0, 0.1) is 5.92 Å². The summed E-state index contributed by atoms with van der Waals surface area (Å²) in [7, 11) is 0. The van der Waals surface area contributed by atoms with Gasteiger partial charge in [-0.3, -0.25) is 4.79 Å². The largest absolute Gasteiger partial charge is 0.348 e. The standard InChI is InChI=1S/C12H18N2OS.ClH/c1-9(11-5-3-7-16-11)14-12(15)10-4-2-6-13-8-10;/h3,5,7,9-10,13H,2,4,6,8H2,1H3,(H,14,15);1H. The van der Waals surface area contributed by atoms with Crippen LogP contribution in [0.25, 0.3) is 0 Å². The fourth-order valence-corrected chi connectivity index (χ4v) is 2.75. The van der Waals surface area contributed by atoms with Gasteiger partial charge in [0.05, 0.1) is 12.0 Å². The molecule has 2 unspecified atom stereocenters. The van der Waals surface area contributed by atoms with Crippen molar-refractivity contribution >= 4 is 29.7 Å². The molecule has 1 aromatic heterocycles. The van der Waals surface area contributed by atoms with Gasteiger partial charge >= 0.3 is 0 Å². The van der Waals surface area contributed by atoms with E-state index in [9.17, 15) is 4.79 Å². The third-order valence-corrected chi connectivity index (χ3v) is 4.05. The van der Waals surface area contributed by atoms with E-state index in [0.29, 0.717) is 0 Å². The molecule has 5 heteroatoms. The van der Waals surface area contributed by atoms with Crippen molar-refractivity contribution in [3.63, 3.8) is 0 Å². The minimum Gasteiger partial charge on any atom is -0.348 e. The van der Waals surface area contributed by atoms with Crippen LogP contribution in [-0.4, -0.2) is 19.0 Å². The highest BCUT2D eigenvalue weighted by Crippen LogP contribution is 2.19. The fourth-order valence-electron chi connectivity index (χ4n) is 2.02. The van der Waals surface area contributed by atoms with E-state index in [0.717, 1.165) is 25.9 Å². The van der Waals surface area contributed by atoms with E-state index < -0.39 is 0 Å². The van der Waals surface area contributed by atoms with Gasteiger partial charge in [-0.15, -0.1) is 23.7 Å². The summed E-state index contributed by atoms with van der Waals surface area (Å²) in [5.41, 5.74) is 0. The van der Waals surface area contributed by atoms with Crippen molar-refractivity contribution in [3.8, 4) is 0 Å². The van der Waals surface area contributed by atoms with E-state index in [-0.39, 0.29) is 30.3 Å². The summed E-state index contributed by atoms with van der Waals surface area (Å²) in [6, 6.07) is 4.22. The Morgan fingerprint density at radius 1 is 1.65 bits per heavy atom. The molecule has 0 aliphatic carbocycles. The zero-order chi connectivity index (χ0) is 11.4. The highest BCUT2D eigenvalue weighted by Gasteiger charge is 2.22.